The van der Waals surface area contributed by atoms with Gasteiger partial charge in [-0.3, -0.25) is 4.90 Å². The quantitative estimate of drug-likeness (QED) is 0.894. The molecule has 5 heteroatoms. The molecule has 0 unspecified atom stereocenters. The third-order valence-corrected chi connectivity index (χ3v) is 3.59. The second-order valence-corrected chi connectivity index (χ2v) is 4.92. The molecular weight excluding hydrogens is 271 g/mol. The number of hydrogen-bond acceptors (Lipinski definition) is 3. The lowest BCUT2D eigenvalue weighted by Gasteiger charge is -2.34. The molecule has 1 saturated heterocycles. The van der Waals surface area contributed by atoms with Crippen molar-refractivity contribution in [1.82, 2.24) is 10.2 Å². The van der Waals surface area contributed by atoms with Crippen LogP contribution in [0.15, 0.2) is 18.2 Å². The molecule has 1 aromatic carbocycles. The highest BCUT2D eigenvalue weighted by atomic mass is 35.5. The van der Waals surface area contributed by atoms with E-state index in [2.05, 4.69) is 10.2 Å². The molecule has 0 aliphatic carbocycles. The Morgan fingerprint density at radius 2 is 2.06 bits per heavy atom. The molecule has 0 bridgehead atoms. The SMILES string of the molecule is Cc1cc(Cl)ccc1[C@@H](CO)N1CCNCC1.Cl. The third kappa shape index (κ3) is 3.59. The van der Waals surface area contributed by atoms with Gasteiger partial charge < -0.3 is 10.4 Å². The number of aliphatic hydroxyl groups is 1. The Morgan fingerprint density at radius 3 is 2.61 bits per heavy atom. The van der Waals surface area contributed by atoms with Gasteiger partial charge in [0.25, 0.3) is 0 Å². The van der Waals surface area contributed by atoms with Gasteiger partial charge in [0.1, 0.15) is 0 Å². The topological polar surface area (TPSA) is 35.5 Å². The Balaban J connectivity index is 0.00000162. The fraction of sp³-hybridized carbons (Fsp3) is 0.538. The van der Waals surface area contributed by atoms with Crippen LogP contribution in [0.5, 0.6) is 0 Å². The first-order valence-corrected chi connectivity index (χ1v) is 6.42. The Hall–Kier alpha value is -0.320. The van der Waals surface area contributed by atoms with Gasteiger partial charge in [-0.05, 0) is 30.2 Å². The van der Waals surface area contributed by atoms with Gasteiger partial charge in [-0.2, -0.15) is 0 Å². The van der Waals surface area contributed by atoms with Gasteiger partial charge in [0, 0.05) is 31.2 Å². The van der Waals surface area contributed by atoms with E-state index in [1.165, 1.54) is 5.56 Å². The summed E-state index contributed by atoms with van der Waals surface area (Å²) in [7, 11) is 0. The molecule has 3 nitrogen and oxygen atoms in total. The van der Waals surface area contributed by atoms with E-state index in [0.29, 0.717) is 0 Å². The molecule has 1 heterocycles. The van der Waals surface area contributed by atoms with Crippen LogP contribution in [-0.2, 0) is 0 Å². The Bertz CT molecular complexity index is 381. The lowest BCUT2D eigenvalue weighted by atomic mass is 10.00. The molecule has 0 aromatic heterocycles. The standard InChI is InChI=1S/C13H19ClN2O.ClH/c1-10-8-11(14)2-3-12(10)13(9-17)16-6-4-15-5-7-16;/h2-3,8,13,15,17H,4-7,9H2,1H3;1H/t13-;/m1./s1. The number of hydrogen-bond donors (Lipinski definition) is 2. The molecule has 2 N–H and O–H groups in total. The van der Waals surface area contributed by atoms with Crippen LogP contribution in [0, 0.1) is 6.92 Å². The first-order valence-electron chi connectivity index (χ1n) is 6.04. The Labute approximate surface area is 120 Å². The van der Waals surface area contributed by atoms with Gasteiger partial charge in [-0.25, -0.2) is 0 Å². The number of halogens is 2. The van der Waals surface area contributed by atoms with E-state index in [-0.39, 0.29) is 25.1 Å². The molecule has 1 atom stereocenters. The van der Waals surface area contributed by atoms with Crippen LogP contribution < -0.4 is 5.32 Å². The highest BCUT2D eigenvalue weighted by Gasteiger charge is 2.22. The van der Waals surface area contributed by atoms with E-state index >= 15 is 0 Å². The maximum absolute atomic E-state index is 9.63. The van der Waals surface area contributed by atoms with Gasteiger partial charge in [0.05, 0.1) is 12.6 Å². The molecule has 1 aromatic rings. The van der Waals surface area contributed by atoms with Gasteiger partial charge in [0.15, 0.2) is 0 Å². The molecular formula is C13H20Cl2N2O. The predicted molar refractivity (Wildman–Crippen MR) is 77.7 cm³/mol. The van der Waals surface area contributed by atoms with Crippen LogP contribution in [0.4, 0.5) is 0 Å². The second kappa shape index (κ2) is 7.31. The summed E-state index contributed by atoms with van der Waals surface area (Å²) in [6.07, 6.45) is 0. The normalized spacial score (nSPS) is 18.2. The summed E-state index contributed by atoms with van der Waals surface area (Å²) in [5, 5.41) is 13.7. The van der Waals surface area contributed by atoms with E-state index in [1.54, 1.807) is 0 Å². The van der Waals surface area contributed by atoms with E-state index in [1.807, 2.05) is 25.1 Å². The summed E-state index contributed by atoms with van der Waals surface area (Å²) in [5.74, 6) is 0. The van der Waals surface area contributed by atoms with Gasteiger partial charge in [0.2, 0.25) is 0 Å². The van der Waals surface area contributed by atoms with Gasteiger partial charge in [-0.15, -0.1) is 12.4 Å². The minimum atomic E-state index is 0. The predicted octanol–water partition coefficient (Wildman–Crippen LogP) is 2.01. The summed E-state index contributed by atoms with van der Waals surface area (Å²) in [6.45, 7) is 6.14. The number of aliphatic hydroxyl groups excluding tert-OH is 1. The fourth-order valence-corrected chi connectivity index (χ4v) is 2.64. The van der Waals surface area contributed by atoms with E-state index in [0.717, 1.165) is 36.8 Å². The number of nitrogens with zero attached hydrogens (tertiary/aromatic N) is 1. The third-order valence-electron chi connectivity index (χ3n) is 3.36. The number of aryl methyl sites for hydroxylation is 1. The lowest BCUT2D eigenvalue weighted by Crippen LogP contribution is -2.46. The fourth-order valence-electron chi connectivity index (χ4n) is 2.42. The monoisotopic (exact) mass is 290 g/mol. The summed E-state index contributed by atoms with van der Waals surface area (Å²) in [5.41, 5.74) is 2.33. The summed E-state index contributed by atoms with van der Waals surface area (Å²) >= 11 is 5.96. The molecule has 1 aliphatic heterocycles. The number of piperazine rings is 1. The summed E-state index contributed by atoms with van der Waals surface area (Å²) in [4.78, 5) is 2.33. The van der Waals surface area contributed by atoms with E-state index in [4.69, 9.17) is 11.6 Å². The van der Waals surface area contributed by atoms with Crippen LogP contribution >= 0.6 is 24.0 Å². The van der Waals surface area contributed by atoms with Crippen LogP contribution in [0.3, 0.4) is 0 Å². The number of nitrogens with one attached hydrogen (secondary N) is 1. The van der Waals surface area contributed by atoms with E-state index < -0.39 is 0 Å². The molecule has 2 rings (SSSR count). The van der Waals surface area contributed by atoms with Crippen molar-refractivity contribution in [2.45, 2.75) is 13.0 Å². The van der Waals surface area contributed by atoms with Crippen LogP contribution in [-0.4, -0.2) is 42.8 Å². The van der Waals surface area contributed by atoms with Crippen molar-refractivity contribution >= 4 is 24.0 Å². The minimum absolute atomic E-state index is 0. The van der Waals surface area contributed by atoms with Crippen molar-refractivity contribution in [3.8, 4) is 0 Å². The lowest BCUT2D eigenvalue weighted by molar-refractivity contribution is 0.110. The first-order chi connectivity index (χ1) is 8.22. The molecule has 0 saturated carbocycles. The molecule has 0 spiro atoms. The van der Waals surface area contributed by atoms with Crippen molar-refractivity contribution < 1.29 is 5.11 Å². The summed E-state index contributed by atoms with van der Waals surface area (Å²) in [6, 6.07) is 5.98. The maximum Gasteiger partial charge on any atom is 0.0628 e. The number of benzene rings is 1. The van der Waals surface area contributed by atoms with E-state index in [9.17, 15) is 5.11 Å². The van der Waals surface area contributed by atoms with Gasteiger partial charge >= 0.3 is 0 Å². The molecule has 1 aliphatic rings. The molecule has 0 amide bonds. The molecule has 0 radical (unpaired) electrons. The van der Waals surface area contributed by atoms with Crippen molar-refractivity contribution in [2.75, 3.05) is 32.8 Å². The largest absolute Gasteiger partial charge is 0.394 e. The average molecular weight is 291 g/mol. The zero-order valence-corrected chi connectivity index (χ0v) is 12.1. The average Bonchev–Trinajstić information content (AvgIpc) is 2.34. The highest BCUT2D eigenvalue weighted by molar-refractivity contribution is 6.30. The first kappa shape index (κ1) is 15.7. The second-order valence-electron chi connectivity index (χ2n) is 4.49. The van der Waals surface area contributed by atoms with Crippen molar-refractivity contribution in [1.29, 1.82) is 0 Å². The highest BCUT2D eigenvalue weighted by Crippen LogP contribution is 2.26. The molecule has 1 fully saturated rings. The van der Waals surface area contributed by atoms with Crippen LogP contribution in [0.25, 0.3) is 0 Å². The Kier molecular flexibility index (Phi) is 6.39. The van der Waals surface area contributed by atoms with Gasteiger partial charge in [-0.1, -0.05) is 17.7 Å². The minimum Gasteiger partial charge on any atom is -0.394 e. The van der Waals surface area contributed by atoms with Crippen molar-refractivity contribution in [2.24, 2.45) is 0 Å². The van der Waals surface area contributed by atoms with Crippen LogP contribution in [0.2, 0.25) is 5.02 Å². The molecule has 18 heavy (non-hydrogen) atoms. The van der Waals surface area contributed by atoms with Crippen molar-refractivity contribution in [3.63, 3.8) is 0 Å². The number of rotatable bonds is 3. The zero-order valence-electron chi connectivity index (χ0n) is 10.5. The molecule has 102 valence electrons. The maximum atomic E-state index is 9.63. The summed E-state index contributed by atoms with van der Waals surface area (Å²) < 4.78 is 0. The smallest absolute Gasteiger partial charge is 0.0628 e. The zero-order chi connectivity index (χ0) is 12.3. The Morgan fingerprint density at radius 1 is 1.39 bits per heavy atom. The van der Waals surface area contributed by atoms with Crippen LogP contribution in [0.1, 0.15) is 17.2 Å². The van der Waals surface area contributed by atoms with Crippen molar-refractivity contribution in [3.05, 3.63) is 34.3 Å².